The van der Waals surface area contributed by atoms with Crippen LogP contribution in [0.2, 0.25) is 0 Å². The van der Waals surface area contributed by atoms with Crippen molar-refractivity contribution in [3.8, 4) is 0 Å². The standard InChI is InChI=1S/C11H16N2O2/c1-8-7-12-13(2)9(8)11(10(14)15)5-3-4-6-11/h7H,3-6H2,1-2H3,(H,14,15). The molecule has 0 atom stereocenters. The zero-order valence-electron chi connectivity index (χ0n) is 9.16. The van der Waals surface area contributed by atoms with Gasteiger partial charge < -0.3 is 5.11 Å². The summed E-state index contributed by atoms with van der Waals surface area (Å²) in [6.45, 7) is 1.94. The van der Waals surface area contributed by atoms with Gasteiger partial charge in [-0.15, -0.1) is 0 Å². The van der Waals surface area contributed by atoms with E-state index in [0.717, 1.165) is 36.9 Å². The lowest BCUT2D eigenvalue weighted by Crippen LogP contribution is -2.35. The molecule has 1 aromatic rings. The van der Waals surface area contributed by atoms with Gasteiger partial charge in [-0.3, -0.25) is 9.48 Å². The Morgan fingerprint density at radius 1 is 1.53 bits per heavy atom. The molecule has 1 aliphatic carbocycles. The van der Waals surface area contributed by atoms with Crippen LogP contribution in [0.4, 0.5) is 0 Å². The largest absolute Gasteiger partial charge is 0.481 e. The number of nitrogens with zero attached hydrogens (tertiary/aromatic N) is 2. The molecule has 0 amide bonds. The maximum Gasteiger partial charge on any atom is 0.315 e. The highest BCUT2D eigenvalue weighted by Gasteiger charge is 2.45. The first-order chi connectivity index (χ1) is 7.08. The molecule has 4 heteroatoms. The number of hydrogen-bond donors (Lipinski definition) is 1. The SMILES string of the molecule is Cc1cnn(C)c1C1(C(=O)O)CCCC1. The molecular weight excluding hydrogens is 192 g/mol. The summed E-state index contributed by atoms with van der Waals surface area (Å²) in [5.74, 6) is -0.702. The topological polar surface area (TPSA) is 55.1 Å². The highest BCUT2D eigenvalue weighted by molar-refractivity contribution is 5.81. The third-order valence-corrected chi connectivity index (χ3v) is 3.44. The lowest BCUT2D eigenvalue weighted by molar-refractivity contribution is -0.144. The van der Waals surface area contributed by atoms with Crippen LogP contribution in [0, 0.1) is 6.92 Å². The van der Waals surface area contributed by atoms with E-state index in [1.54, 1.807) is 10.9 Å². The molecule has 0 radical (unpaired) electrons. The molecule has 1 saturated carbocycles. The molecular formula is C11H16N2O2. The van der Waals surface area contributed by atoms with E-state index in [0.29, 0.717) is 0 Å². The third kappa shape index (κ3) is 1.35. The first kappa shape index (κ1) is 10.2. The number of aryl methyl sites for hydroxylation is 2. The summed E-state index contributed by atoms with van der Waals surface area (Å²) in [7, 11) is 1.82. The van der Waals surface area contributed by atoms with Crippen molar-refractivity contribution in [1.29, 1.82) is 0 Å². The summed E-state index contributed by atoms with van der Waals surface area (Å²) in [6.07, 6.45) is 5.22. The number of rotatable bonds is 2. The Morgan fingerprint density at radius 3 is 2.53 bits per heavy atom. The first-order valence-electron chi connectivity index (χ1n) is 5.30. The van der Waals surface area contributed by atoms with Crippen LogP contribution in [0.15, 0.2) is 6.20 Å². The van der Waals surface area contributed by atoms with Crippen LogP contribution in [0.25, 0.3) is 0 Å². The fraction of sp³-hybridized carbons (Fsp3) is 0.636. The fourth-order valence-corrected chi connectivity index (χ4v) is 2.76. The molecule has 0 aliphatic heterocycles. The Labute approximate surface area is 88.9 Å². The minimum Gasteiger partial charge on any atom is -0.481 e. The molecule has 4 nitrogen and oxygen atoms in total. The second kappa shape index (κ2) is 3.36. The normalized spacial score (nSPS) is 19.3. The van der Waals surface area contributed by atoms with Crippen molar-refractivity contribution < 1.29 is 9.90 Å². The van der Waals surface area contributed by atoms with Gasteiger partial charge in [0.05, 0.1) is 11.9 Å². The summed E-state index contributed by atoms with van der Waals surface area (Å²) < 4.78 is 1.72. The molecule has 15 heavy (non-hydrogen) atoms. The van der Waals surface area contributed by atoms with E-state index in [2.05, 4.69) is 5.10 Å². The molecule has 1 heterocycles. The highest BCUT2D eigenvalue weighted by Crippen LogP contribution is 2.42. The molecule has 0 bridgehead atoms. The van der Waals surface area contributed by atoms with Crippen molar-refractivity contribution in [3.63, 3.8) is 0 Å². The van der Waals surface area contributed by atoms with Gasteiger partial charge >= 0.3 is 5.97 Å². The van der Waals surface area contributed by atoms with E-state index in [9.17, 15) is 9.90 Å². The Kier molecular flexibility index (Phi) is 2.29. The summed E-state index contributed by atoms with van der Waals surface area (Å²) in [6, 6.07) is 0. The van der Waals surface area contributed by atoms with Gasteiger partial charge in [-0.25, -0.2) is 0 Å². The van der Waals surface area contributed by atoms with Crippen LogP contribution < -0.4 is 0 Å². The molecule has 1 aromatic heterocycles. The summed E-state index contributed by atoms with van der Waals surface area (Å²) in [5.41, 5.74) is 1.18. The smallest absolute Gasteiger partial charge is 0.315 e. The van der Waals surface area contributed by atoms with Crippen molar-refractivity contribution in [3.05, 3.63) is 17.5 Å². The Morgan fingerprint density at radius 2 is 2.13 bits per heavy atom. The Balaban J connectivity index is 2.54. The van der Waals surface area contributed by atoms with Crippen LogP contribution in [-0.4, -0.2) is 20.9 Å². The molecule has 1 fully saturated rings. The van der Waals surface area contributed by atoms with Crippen LogP contribution in [0.3, 0.4) is 0 Å². The average molecular weight is 208 g/mol. The van der Waals surface area contributed by atoms with Crippen LogP contribution in [-0.2, 0) is 17.3 Å². The van der Waals surface area contributed by atoms with Crippen molar-refractivity contribution >= 4 is 5.97 Å². The second-order valence-electron chi connectivity index (χ2n) is 4.39. The molecule has 1 aliphatic rings. The summed E-state index contributed by atoms with van der Waals surface area (Å²) in [4.78, 5) is 11.5. The second-order valence-corrected chi connectivity index (χ2v) is 4.39. The Bertz CT molecular complexity index is 370. The average Bonchev–Trinajstić information content (AvgIpc) is 2.74. The number of carboxylic acid groups (broad SMARTS) is 1. The summed E-state index contributed by atoms with van der Waals surface area (Å²) in [5, 5.41) is 13.6. The van der Waals surface area contributed by atoms with Gasteiger partial charge in [-0.1, -0.05) is 12.8 Å². The van der Waals surface area contributed by atoms with E-state index in [1.807, 2.05) is 14.0 Å². The lowest BCUT2D eigenvalue weighted by Gasteiger charge is -2.25. The molecule has 0 spiro atoms. The van der Waals surface area contributed by atoms with Gasteiger partial charge in [-0.05, 0) is 25.3 Å². The number of aliphatic carboxylic acids is 1. The zero-order valence-corrected chi connectivity index (χ0v) is 9.16. The predicted molar refractivity (Wildman–Crippen MR) is 55.7 cm³/mol. The van der Waals surface area contributed by atoms with E-state index >= 15 is 0 Å². The van der Waals surface area contributed by atoms with E-state index in [1.165, 1.54) is 0 Å². The quantitative estimate of drug-likeness (QED) is 0.803. The van der Waals surface area contributed by atoms with Crippen LogP contribution >= 0.6 is 0 Å². The number of carboxylic acids is 1. The van der Waals surface area contributed by atoms with Crippen molar-refractivity contribution in [1.82, 2.24) is 9.78 Å². The number of hydrogen-bond acceptors (Lipinski definition) is 2. The molecule has 0 aromatic carbocycles. The lowest BCUT2D eigenvalue weighted by atomic mass is 9.81. The zero-order chi connectivity index (χ0) is 11.1. The van der Waals surface area contributed by atoms with Crippen LogP contribution in [0.1, 0.15) is 36.9 Å². The van der Waals surface area contributed by atoms with E-state index < -0.39 is 11.4 Å². The minimum atomic E-state index is -0.702. The molecule has 0 unspecified atom stereocenters. The van der Waals surface area contributed by atoms with Gasteiger partial charge in [0, 0.05) is 7.05 Å². The molecule has 82 valence electrons. The van der Waals surface area contributed by atoms with E-state index in [4.69, 9.17) is 0 Å². The van der Waals surface area contributed by atoms with Gasteiger partial charge in [0.1, 0.15) is 5.41 Å². The van der Waals surface area contributed by atoms with Gasteiger partial charge in [-0.2, -0.15) is 5.10 Å². The highest BCUT2D eigenvalue weighted by atomic mass is 16.4. The number of carbonyl (C=O) groups is 1. The monoisotopic (exact) mass is 208 g/mol. The fourth-order valence-electron chi connectivity index (χ4n) is 2.76. The maximum absolute atomic E-state index is 11.5. The van der Waals surface area contributed by atoms with Gasteiger partial charge in [0.25, 0.3) is 0 Å². The molecule has 1 N–H and O–H groups in total. The number of aromatic nitrogens is 2. The van der Waals surface area contributed by atoms with Gasteiger partial charge in [0.15, 0.2) is 0 Å². The maximum atomic E-state index is 11.5. The predicted octanol–water partition coefficient (Wildman–Crippen LogP) is 1.62. The van der Waals surface area contributed by atoms with E-state index in [-0.39, 0.29) is 0 Å². The molecule has 2 rings (SSSR count). The first-order valence-corrected chi connectivity index (χ1v) is 5.30. The van der Waals surface area contributed by atoms with Crippen LogP contribution in [0.5, 0.6) is 0 Å². The van der Waals surface area contributed by atoms with Crippen molar-refractivity contribution in [2.45, 2.75) is 38.0 Å². The molecule has 0 saturated heterocycles. The van der Waals surface area contributed by atoms with Gasteiger partial charge in [0.2, 0.25) is 0 Å². The summed E-state index contributed by atoms with van der Waals surface area (Å²) >= 11 is 0. The van der Waals surface area contributed by atoms with Crippen molar-refractivity contribution in [2.24, 2.45) is 7.05 Å². The third-order valence-electron chi connectivity index (χ3n) is 3.44. The van der Waals surface area contributed by atoms with Crippen molar-refractivity contribution in [2.75, 3.05) is 0 Å². The minimum absolute atomic E-state index is 0.685. The Hall–Kier alpha value is -1.32.